The molecular formula is C34H39F3N6O4S. The zero-order valence-corrected chi connectivity index (χ0v) is 28.3. The van der Waals surface area contributed by atoms with Crippen LogP contribution in [0, 0.1) is 11.3 Å². The lowest BCUT2D eigenvalue weighted by Gasteiger charge is -2.51. The standard InChI is InChI=1S/C34H39F3N6O4S/c1-5-21-15-22(9-10-28(21)46-14-13-40-19-24-8-7-23(40)20-41(24)31(45)47-32(2,3)4)43-30(48)42(29(44)33(43)11-6-12-33)25-16-26(34(35,36)37)27(17-38)39-18-25/h9-10,15-16,18,23-24H,5-8,11-14,19-20H2,1-4H3/t23-,24+/m1/s1. The Morgan fingerprint density at radius 2 is 1.85 bits per heavy atom. The van der Waals surface area contributed by atoms with Gasteiger partial charge in [0.25, 0.3) is 5.91 Å². The van der Waals surface area contributed by atoms with Crippen molar-refractivity contribution in [1.29, 1.82) is 5.26 Å². The zero-order valence-electron chi connectivity index (χ0n) is 27.5. The Bertz CT molecular complexity index is 1670. The van der Waals surface area contributed by atoms with E-state index in [4.69, 9.17) is 21.7 Å². The SMILES string of the molecule is CCc1cc(N2C(=S)N(c3cnc(C#N)c(C(F)(F)F)c3)C(=O)C23CCC3)ccc1OCCN1C[C@@H]2CC[C@@H]1CN2C(=O)OC(C)(C)C. The summed E-state index contributed by atoms with van der Waals surface area (Å²) in [6.45, 7) is 10.2. The lowest BCUT2D eigenvalue weighted by molar-refractivity contribution is -0.138. The molecule has 4 aliphatic heterocycles. The zero-order chi connectivity index (χ0) is 34.6. The van der Waals surface area contributed by atoms with Crippen molar-refractivity contribution in [1.82, 2.24) is 14.8 Å². The van der Waals surface area contributed by atoms with Gasteiger partial charge in [0.2, 0.25) is 0 Å². The van der Waals surface area contributed by atoms with Crippen LogP contribution >= 0.6 is 12.2 Å². The first kappa shape index (κ1) is 33.9. The Morgan fingerprint density at radius 1 is 1.12 bits per heavy atom. The number of aryl methyl sites for hydroxylation is 1. The first-order valence-corrected chi connectivity index (χ1v) is 16.7. The third-order valence-electron chi connectivity index (χ3n) is 9.73. The van der Waals surface area contributed by atoms with Gasteiger partial charge in [-0.1, -0.05) is 6.92 Å². The largest absolute Gasteiger partial charge is 0.492 e. The summed E-state index contributed by atoms with van der Waals surface area (Å²) in [7, 11) is 0. The quantitative estimate of drug-likeness (QED) is 0.322. The fraction of sp³-hybridized carbons (Fsp3) is 0.559. The second-order valence-corrected chi connectivity index (χ2v) is 14.2. The highest BCUT2D eigenvalue weighted by Gasteiger charge is 2.60. The maximum atomic E-state index is 13.9. The van der Waals surface area contributed by atoms with Crippen molar-refractivity contribution in [3.8, 4) is 11.8 Å². The number of piperazine rings is 1. The summed E-state index contributed by atoms with van der Waals surface area (Å²) in [5.74, 6) is 0.304. The topological polar surface area (TPSA) is 102 Å². The first-order chi connectivity index (χ1) is 22.7. The van der Waals surface area contributed by atoms with Gasteiger partial charge in [0.05, 0.1) is 17.4 Å². The van der Waals surface area contributed by atoms with E-state index in [-0.39, 0.29) is 29.0 Å². The minimum absolute atomic E-state index is 0.0654. The Balaban J connectivity index is 1.16. The van der Waals surface area contributed by atoms with Crippen LogP contribution in [0.3, 0.4) is 0 Å². The molecule has 2 atom stereocenters. The first-order valence-electron chi connectivity index (χ1n) is 16.3. The second kappa shape index (κ2) is 12.5. The lowest BCUT2D eigenvalue weighted by atomic mass is 9.75. The molecule has 0 unspecified atom stereocenters. The molecule has 48 heavy (non-hydrogen) atoms. The number of nitriles is 1. The minimum atomic E-state index is -4.83. The van der Waals surface area contributed by atoms with Crippen LogP contribution in [-0.2, 0) is 22.1 Å². The number of carbonyl (C=O) groups is 2. The number of alkyl halides is 3. The molecule has 2 amide bonds. The van der Waals surface area contributed by atoms with Crippen LogP contribution in [-0.4, -0.2) is 81.4 Å². The van der Waals surface area contributed by atoms with Gasteiger partial charge in [0, 0.05) is 37.4 Å². The molecule has 1 aromatic carbocycles. The average Bonchev–Trinajstić information content (AvgIpc) is 3.26. The highest BCUT2D eigenvalue weighted by Crippen LogP contribution is 2.49. The number of ether oxygens (including phenoxy) is 2. The van der Waals surface area contributed by atoms with Gasteiger partial charge in [-0.2, -0.15) is 18.4 Å². The van der Waals surface area contributed by atoms with Crippen LogP contribution < -0.4 is 14.5 Å². The van der Waals surface area contributed by atoms with Crippen molar-refractivity contribution < 1.29 is 32.2 Å². The number of piperidine rings is 2. The predicted octanol–water partition coefficient (Wildman–Crippen LogP) is 6.06. The van der Waals surface area contributed by atoms with Crippen LogP contribution in [0.5, 0.6) is 5.75 Å². The van der Waals surface area contributed by atoms with Crippen LogP contribution in [0.2, 0.25) is 0 Å². The van der Waals surface area contributed by atoms with Gasteiger partial charge in [-0.3, -0.25) is 14.6 Å². The van der Waals surface area contributed by atoms with Crippen molar-refractivity contribution in [2.24, 2.45) is 0 Å². The van der Waals surface area contributed by atoms with E-state index in [1.165, 1.54) is 6.07 Å². The molecule has 0 radical (unpaired) electrons. The van der Waals surface area contributed by atoms with E-state index in [2.05, 4.69) is 9.88 Å². The molecule has 2 aromatic rings. The van der Waals surface area contributed by atoms with E-state index in [9.17, 15) is 28.0 Å². The number of halogens is 3. The number of pyridine rings is 1. The van der Waals surface area contributed by atoms with Gasteiger partial charge in [-0.15, -0.1) is 0 Å². The summed E-state index contributed by atoms with van der Waals surface area (Å²) >= 11 is 5.77. The van der Waals surface area contributed by atoms with Gasteiger partial charge in [0.15, 0.2) is 10.8 Å². The van der Waals surface area contributed by atoms with Crippen molar-refractivity contribution in [3.63, 3.8) is 0 Å². The molecule has 0 N–H and O–H groups in total. The van der Waals surface area contributed by atoms with Gasteiger partial charge >= 0.3 is 12.3 Å². The molecule has 10 nitrogen and oxygen atoms in total. The van der Waals surface area contributed by atoms with E-state index in [0.717, 1.165) is 48.5 Å². The third-order valence-corrected chi connectivity index (χ3v) is 10.1. The van der Waals surface area contributed by atoms with Crippen molar-refractivity contribution in [2.75, 3.05) is 36.0 Å². The highest BCUT2D eigenvalue weighted by molar-refractivity contribution is 7.81. The number of aromatic nitrogens is 1. The number of carbonyl (C=O) groups excluding carboxylic acids is 2. The number of fused-ring (bicyclic) bond motifs is 3. The van der Waals surface area contributed by atoms with Gasteiger partial charge in [0.1, 0.15) is 29.6 Å². The molecule has 1 saturated carbocycles. The second-order valence-electron chi connectivity index (χ2n) is 13.8. The van der Waals surface area contributed by atoms with Crippen LogP contribution in [0.1, 0.15) is 76.6 Å². The summed E-state index contributed by atoms with van der Waals surface area (Å²) in [6.07, 6.45) is 0.387. The number of benzene rings is 1. The monoisotopic (exact) mass is 684 g/mol. The van der Waals surface area contributed by atoms with E-state index in [1.807, 2.05) is 50.8 Å². The number of hydrogen-bond donors (Lipinski definition) is 0. The molecule has 1 aliphatic carbocycles. The Kier molecular flexibility index (Phi) is 8.83. The molecule has 4 saturated heterocycles. The summed E-state index contributed by atoms with van der Waals surface area (Å²) in [5, 5.41) is 9.25. The smallest absolute Gasteiger partial charge is 0.419 e. The Labute approximate surface area is 283 Å². The average molecular weight is 685 g/mol. The maximum absolute atomic E-state index is 13.9. The normalized spacial score (nSPS) is 22.2. The van der Waals surface area contributed by atoms with Crippen molar-refractivity contribution in [3.05, 3.63) is 47.3 Å². The van der Waals surface area contributed by atoms with E-state index < -0.39 is 34.5 Å². The fourth-order valence-corrected chi connectivity index (χ4v) is 7.69. The number of amides is 2. The minimum Gasteiger partial charge on any atom is -0.492 e. The number of rotatable bonds is 7. The van der Waals surface area contributed by atoms with Crippen molar-refractivity contribution in [2.45, 2.75) is 95.6 Å². The van der Waals surface area contributed by atoms with Gasteiger partial charge < -0.3 is 19.3 Å². The van der Waals surface area contributed by atoms with E-state index >= 15 is 0 Å². The molecule has 1 aromatic heterocycles. The Hall–Kier alpha value is -3.96. The lowest BCUT2D eigenvalue weighted by Crippen LogP contribution is -2.64. The fourth-order valence-electron chi connectivity index (χ4n) is 7.22. The molecule has 5 fully saturated rings. The number of thiocarbonyl (C=S) groups is 1. The summed E-state index contributed by atoms with van der Waals surface area (Å²) in [4.78, 5) is 37.4. The maximum Gasteiger partial charge on any atom is 0.419 e. The number of hydrogen-bond acceptors (Lipinski definition) is 8. The molecule has 1 spiro atoms. The number of nitrogens with zero attached hydrogens (tertiary/aromatic N) is 6. The van der Waals surface area contributed by atoms with E-state index in [1.54, 1.807) is 4.90 Å². The molecule has 5 heterocycles. The molecule has 256 valence electrons. The number of anilines is 2. The van der Waals surface area contributed by atoms with Gasteiger partial charge in [-0.05, 0) is 101 Å². The molecule has 7 rings (SSSR count). The molecular weight excluding hydrogens is 645 g/mol. The summed E-state index contributed by atoms with van der Waals surface area (Å²) in [6, 6.07) is 8.21. The molecule has 5 aliphatic rings. The summed E-state index contributed by atoms with van der Waals surface area (Å²) in [5.41, 5.74) is -2.08. The third kappa shape index (κ3) is 6.07. The van der Waals surface area contributed by atoms with E-state index in [0.29, 0.717) is 50.4 Å². The summed E-state index contributed by atoms with van der Waals surface area (Å²) < 4.78 is 53.1. The van der Waals surface area contributed by atoms with Crippen LogP contribution in [0.25, 0.3) is 0 Å². The van der Waals surface area contributed by atoms with Crippen molar-refractivity contribution >= 4 is 40.7 Å². The highest BCUT2D eigenvalue weighted by atomic mass is 32.1. The molecule has 14 heteroatoms. The molecule has 2 bridgehead atoms. The van der Waals surface area contributed by atoms with Crippen LogP contribution in [0.15, 0.2) is 30.5 Å². The van der Waals surface area contributed by atoms with Gasteiger partial charge in [-0.25, -0.2) is 9.78 Å². The Morgan fingerprint density at radius 3 is 2.44 bits per heavy atom. The van der Waals surface area contributed by atoms with Crippen LogP contribution in [0.4, 0.5) is 29.3 Å². The predicted molar refractivity (Wildman–Crippen MR) is 176 cm³/mol.